The Hall–Kier alpha value is -1.11. The second-order valence-corrected chi connectivity index (χ2v) is 8.41. The van der Waals surface area contributed by atoms with Crippen LogP contribution in [0.2, 0.25) is 13.1 Å². The molecule has 0 amide bonds. The van der Waals surface area contributed by atoms with Gasteiger partial charge < -0.3 is 4.43 Å². The van der Waals surface area contributed by atoms with Gasteiger partial charge in [-0.25, -0.2) is 0 Å². The molecule has 1 rings (SSSR count). The molecule has 0 spiro atoms. The Morgan fingerprint density at radius 1 is 1.26 bits per heavy atom. The SMILES string of the molecule is Cc1cc(CC#N)cc(C(O[Si](C)C)C(C)(C)C)c1. The lowest BCUT2D eigenvalue weighted by Crippen LogP contribution is -2.26. The summed E-state index contributed by atoms with van der Waals surface area (Å²) >= 11 is 0. The molecule has 0 fully saturated rings. The maximum atomic E-state index is 8.87. The molecule has 0 N–H and O–H groups in total. The molecule has 1 unspecified atom stereocenters. The fourth-order valence-electron chi connectivity index (χ4n) is 2.22. The van der Waals surface area contributed by atoms with E-state index >= 15 is 0 Å². The second-order valence-electron chi connectivity index (χ2n) is 6.36. The summed E-state index contributed by atoms with van der Waals surface area (Å²) in [4.78, 5) is 0. The number of nitrogens with zero attached hydrogens (tertiary/aromatic N) is 1. The lowest BCUT2D eigenvalue weighted by Gasteiger charge is -2.33. The molecule has 0 aromatic heterocycles. The van der Waals surface area contributed by atoms with Crippen molar-refractivity contribution in [2.45, 2.75) is 53.3 Å². The standard InChI is InChI=1S/C16H24NOSi/c1-12-9-13(7-8-17)11-14(10-12)15(16(2,3)4)18-19(5)6/h9-11,15H,7H2,1-6H3. The summed E-state index contributed by atoms with van der Waals surface area (Å²) in [5.41, 5.74) is 3.53. The average Bonchev–Trinajstić information content (AvgIpc) is 2.23. The smallest absolute Gasteiger partial charge is 0.205 e. The summed E-state index contributed by atoms with van der Waals surface area (Å²) in [7, 11) is -0.765. The zero-order valence-electron chi connectivity index (χ0n) is 12.9. The lowest BCUT2D eigenvalue weighted by atomic mass is 9.83. The van der Waals surface area contributed by atoms with Crippen molar-refractivity contribution in [3.63, 3.8) is 0 Å². The van der Waals surface area contributed by atoms with Gasteiger partial charge in [0.15, 0.2) is 0 Å². The van der Waals surface area contributed by atoms with Crippen molar-refractivity contribution in [1.82, 2.24) is 0 Å². The summed E-state index contributed by atoms with van der Waals surface area (Å²) in [6.45, 7) is 13.0. The van der Waals surface area contributed by atoms with Gasteiger partial charge in [-0.15, -0.1) is 0 Å². The van der Waals surface area contributed by atoms with Gasteiger partial charge in [-0.2, -0.15) is 5.26 Å². The van der Waals surface area contributed by atoms with E-state index in [4.69, 9.17) is 9.69 Å². The average molecular weight is 274 g/mol. The van der Waals surface area contributed by atoms with E-state index in [2.05, 4.69) is 65.1 Å². The molecule has 2 nitrogen and oxygen atoms in total. The highest BCUT2D eigenvalue weighted by atomic mass is 28.3. The molecule has 0 aliphatic rings. The van der Waals surface area contributed by atoms with E-state index in [-0.39, 0.29) is 11.5 Å². The quantitative estimate of drug-likeness (QED) is 0.762. The van der Waals surface area contributed by atoms with E-state index in [1.165, 1.54) is 11.1 Å². The Labute approximate surface area is 119 Å². The molecule has 3 heteroatoms. The van der Waals surface area contributed by atoms with Crippen molar-refractivity contribution in [3.8, 4) is 6.07 Å². The second kappa shape index (κ2) is 6.36. The molecule has 1 aromatic carbocycles. The Morgan fingerprint density at radius 2 is 1.89 bits per heavy atom. The number of nitriles is 1. The van der Waals surface area contributed by atoms with Crippen molar-refractivity contribution in [1.29, 1.82) is 5.26 Å². The highest BCUT2D eigenvalue weighted by Gasteiger charge is 2.28. The summed E-state index contributed by atoms with van der Waals surface area (Å²) in [6, 6.07) is 8.61. The monoisotopic (exact) mass is 274 g/mol. The first-order chi connectivity index (χ1) is 8.74. The summed E-state index contributed by atoms with van der Waals surface area (Å²) in [6.07, 6.45) is 0.551. The number of benzene rings is 1. The van der Waals surface area contributed by atoms with Crippen molar-refractivity contribution in [3.05, 3.63) is 34.9 Å². The molecule has 103 valence electrons. The van der Waals surface area contributed by atoms with Gasteiger partial charge in [-0.05, 0) is 36.6 Å². The first-order valence-corrected chi connectivity index (χ1v) is 9.09. The molecule has 0 aliphatic carbocycles. The summed E-state index contributed by atoms with van der Waals surface area (Å²) in [5.74, 6) is 0. The van der Waals surface area contributed by atoms with Gasteiger partial charge in [0, 0.05) is 0 Å². The Kier molecular flexibility index (Phi) is 5.34. The minimum atomic E-state index is -0.765. The van der Waals surface area contributed by atoms with Gasteiger partial charge in [0.25, 0.3) is 0 Å². The van der Waals surface area contributed by atoms with E-state index in [9.17, 15) is 0 Å². The third-order valence-corrected chi connectivity index (χ3v) is 3.59. The van der Waals surface area contributed by atoms with Crippen LogP contribution in [0.25, 0.3) is 0 Å². The fourth-order valence-corrected chi connectivity index (χ4v) is 3.18. The fraction of sp³-hybridized carbons (Fsp3) is 0.562. The van der Waals surface area contributed by atoms with Crippen LogP contribution < -0.4 is 0 Å². The highest BCUT2D eigenvalue weighted by Crippen LogP contribution is 2.37. The van der Waals surface area contributed by atoms with Gasteiger partial charge in [0.2, 0.25) is 9.04 Å². The molecule has 0 saturated heterocycles. The zero-order chi connectivity index (χ0) is 14.6. The normalized spacial score (nSPS) is 13.4. The summed E-state index contributed by atoms with van der Waals surface area (Å²) in [5, 5.41) is 8.87. The maximum absolute atomic E-state index is 8.87. The van der Waals surface area contributed by atoms with E-state index in [1.54, 1.807) is 0 Å². The molecule has 19 heavy (non-hydrogen) atoms. The van der Waals surface area contributed by atoms with Crippen molar-refractivity contribution >= 4 is 9.04 Å². The number of hydrogen-bond donors (Lipinski definition) is 0. The Bertz CT molecular complexity index is 469. The molecule has 0 aliphatic heterocycles. The maximum Gasteiger partial charge on any atom is 0.205 e. The largest absolute Gasteiger partial charge is 0.410 e. The minimum absolute atomic E-state index is 0.0552. The van der Waals surface area contributed by atoms with E-state index in [0.717, 1.165) is 5.56 Å². The van der Waals surface area contributed by atoms with Crippen LogP contribution in [-0.2, 0) is 10.8 Å². The van der Waals surface area contributed by atoms with Crippen LogP contribution in [0.1, 0.15) is 43.6 Å². The molecule has 0 heterocycles. The van der Waals surface area contributed by atoms with Crippen LogP contribution >= 0.6 is 0 Å². The van der Waals surface area contributed by atoms with Gasteiger partial charge in [0.1, 0.15) is 0 Å². The number of hydrogen-bond acceptors (Lipinski definition) is 2. The molecular formula is C16H24NOSi. The predicted octanol–water partition coefficient (Wildman–Crippen LogP) is 4.42. The van der Waals surface area contributed by atoms with Crippen molar-refractivity contribution < 1.29 is 4.43 Å². The van der Waals surface area contributed by atoms with Gasteiger partial charge in [-0.1, -0.05) is 44.5 Å². The van der Waals surface area contributed by atoms with Crippen LogP contribution in [-0.4, -0.2) is 9.04 Å². The van der Waals surface area contributed by atoms with E-state index in [0.29, 0.717) is 6.42 Å². The Morgan fingerprint density at radius 3 is 2.37 bits per heavy atom. The lowest BCUT2D eigenvalue weighted by molar-refractivity contribution is 0.0865. The van der Waals surface area contributed by atoms with Crippen molar-refractivity contribution in [2.75, 3.05) is 0 Å². The predicted molar refractivity (Wildman–Crippen MR) is 81.3 cm³/mol. The van der Waals surface area contributed by atoms with E-state index in [1.807, 2.05) is 0 Å². The van der Waals surface area contributed by atoms with Crippen molar-refractivity contribution in [2.24, 2.45) is 5.41 Å². The molecule has 0 saturated carbocycles. The number of aryl methyl sites for hydroxylation is 1. The molecule has 0 bridgehead atoms. The third kappa shape index (κ3) is 4.81. The van der Waals surface area contributed by atoms with Crippen LogP contribution in [0.4, 0.5) is 0 Å². The van der Waals surface area contributed by atoms with Gasteiger partial charge in [-0.3, -0.25) is 0 Å². The Balaban J connectivity index is 3.19. The minimum Gasteiger partial charge on any atom is -0.410 e. The van der Waals surface area contributed by atoms with Crippen LogP contribution in [0.3, 0.4) is 0 Å². The highest BCUT2D eigenvalue weighted by molar-refractivity contribution is 6.48. The van der Waals surface area contributed by atoms with Crippen LogP contribution in [0.15, 0.2) is 18.2 Å². The molecule has 1 aromatic rings. The first-order valence-electron chi connectivity index (χ1n) is 6.68. The first kappa shape index (κ1) is 15.9. The number of rotatable bonds is 4. The zero-order valence-corrected chi connectivity index (χ0v) is 13.9. The molecule has 1 atom stereocenters. The summed E-state index contributed by atoms with van der Waals surface area (Å²) < 4.78 is 6.21. The third-order valence-electron chi connectivity index (χ3n) is 2.89. The van der Waals surface area contributed by atoms with Gasteiger partial charge >= 0.3 is 0 Å². The molecular weight excluding hydrogens is 250 g/mol. The van der Waals surface area contributed by atoms with Crippen LogP contribution in [0.5, 0.6) is 0 Å². The van der Waals surface area contributed by atoms with Gasteiger partial charge in [0.05, 0.1) is 18.6 Å². The topological polar surface area (TPSA) is 33.0 Å². The van der Waals surface area contributed by atoms with Crippen LogP contribution in [0, 0.1) is 23.7 Å². The van der Waals surface area contributed by atoms with E-state index < -0.39 is 9.04 Å². The molecule has 1 radical (unpaired) electrons.